The van der Waals surface area contributed by atoms with Crippen molar-refractivity contribution in [2.45, 2.75) is 20.0 Å². The van der Waals surface area contributed by atoms with E-state index < -0.39 is 6.03 Å². The molecule has 2 N–H and O–H groups in total. The minimum absolute atomic E-state index is 0.280. The number of amides is 2. The Hall–Kier alpha value is -3.34. The third-order valence-electron chi connectivity index (χ3n) is 4.73. The number of carbonyl (C=O) groups is 1. The third-order valence-corrected chi connectivity index (χ3v) is 5.22. The zero-order chi connectivity index (χ0) is 22.8. The Morgan fingerprint density at radius 2 is 1.84 bits per heavy atom. The van der Waals surface area contributed by atoms with Gasteiger partial charge in [-0.15, -0.1) is 4.80 Å². The molecule has 0 bridgehead atoms. The van der Waals surface area contributed by atoms with Gasteiger partial charge in [-0.05, 0) is 32.0 Å². The van der Waals surface area contributed by atoms with E-state index in [1.807, 2.05) is 6.92 Å². The number of halogens is 2. The minimum atomic E-state index is -0.510. The van der Waals surface area contributed by atoms with Gasteiger partial charge >= 0.3 is 6.03 Å². The standard InChI is InChI=1S/C20H18Cl2N8O2/c1-10-14(8-12(21)19(26-10)30-24-6-7-25-30)27-20(31)28-15-9-23-13-4-5-16(22)29-18(13)17(15)11(2)32-3/h4-9,11H,1-3H3,(H2,27,28,31)/t11-/m0/s1. The van der Waals surface area contributed by atoms with Gasteiger partial charge in [-0.3, -0.25) is 4.98 Å². The molecular formula is C20H18Cl2N8O2. The van der Waals surface area contributed by atoms with Gasteiger partial charge in [0.2, 0.25) is 0 Å². The van der Waals surface area contributed by atoms with Gasteiger partial charge in [0.1, 0.15) is 5.15 Å². The van der Waals surface area contributed by atoms with Crippen LogP contribution in [-0.2, 0) is 4.74 Å². The molecule has 0 radical (unpaired) electrons. The molecule has 10 nitrogen and oxygen atoms in total. The molecule has 0 aliphatic carbocycles. The van der Waals surface area contributed by atoms with Crippen LogP contribution in [0.2, 0.25) is 10.2 Å². The number of aryl methyl sites for hydroxylation is 1. The molecule has 12 heteroatoms. The van der Waals surface area contributed by atoms with Gasteiger partial charge in [0.25, 0.3) is 0 Å². The molecule has 0 aliphatic rings. The van der Waals surface area contributed by atoms with Crippen molar-refractivity contribution in [1.82, 2.24) is 29.9 Å². The maximum absolute atomic E-state index is 12.8. The van der Waals surface area contributed by atoms with E-state index in [9.17, 15) is 4.79 Å². The van der Waals surface area contributed by atoms with Gasteiger partial charge in [0.15, 0.2) is 5.82 Å². The van der Waals surface area contributed by atoms with Crippen molar-refractivity contribution in [3.05, 3.63) is 58.2 Å². The maximum atomic E-state index is 12.8. The number of pyridine rings is 3. The average Bonchev–Trinajstić information content (AvgIpc) is 3.30. The van der Waals surface area contributed by atoms with Crippen LogP contribution in [0.5, 0.6) is 0 Å². The van der Waals surface area contributed by atoms with Crippen molar-refractivity contribution in [3.63, 3.8) is 0 Å². The van der Waals surface area contributed by atoms with E-state index in [1.165, 1.54) is 17.2 Å². The smallest absolute Gasteiger partial charge is 0.323 e. The van der Waals surface area contributed by atoms with Gasteiger partial charge in [-0.25, -0.2) is 14.8 Å². The van der Waals surface area contributed by atoms with Crippen molar-refractivity contribution in [3.8, 4) is 5.82 Å². The molecule has 0 aromatic carbocycles. The van der Waals surface area contributed by atoms with Gasteiger partial charge < -0.3 is 15.4 Å². The van der Waals surface area contributed by atoms with Crippen molar-refractivity contribution >= 4 is 51.6 Å². The second-order valence-corrected chi connectivity index (χ2v) is 7.58. The van der Waals surface area contributed by atoms with Crippen LogP contribution in [0.4, 0.5) is 16.2 Å². The van der Waals surface area contributed by atoms with E-state index in [1.54, 1.807) is 38.4 Å². The number of carbonyl (C=O) groups excluding carboxylic acids is 1. The molecule has 4 aromatic rings. The number of fused-ring (bicyclic) bond motifs is 1. The second kappa shape index (κ2) is 9.03. The fourth-order valence-electron chi connectivity index (χ4n) is 3.13. The quantitative estimate of drug-likeness (QED) is 0.408. The number of rotatable bonds is 5. The Balaban J connectivity index is 1.63. The summed E-state index contributed by atoms with van der Waals surface area (Å²) in [6.45, 7) is 3.58. The molecule has 0 fully saturated rings. The summed E-state index contributed by atoms with van der Waals surface area (Å²) in [5, 5.41) is 14.2. The zero-order valence-corrected chi connectivity index (χ0v) is 18.8. The highest BCUT2D eigenvalue weighted by Crippen LogP contribution is 2.32. The lowest BCUT2D eigenvalue weighted by Gasteiger charge is -2.18. The lowest BCUT2D eigenvalue weighted by Crippen LogP contribution is -2.22. The molecular weight excluding hydrogens is 455 g/mol. The number of hydrogen-bond donors (Lipinski definition) is 2. The van der Waals surface area contributed by atoms with E-state index in [-0.39, 0.29) is 11.1 Å². The Morgan fingerprint density at radius 3 is 2.56 bits per heavy atom. The molecule has 0 saturated carbocycles. The highest BCUT2D eigenvalue weighted by atomic mass is 35.5. The minimum Gasteiger partial charge on any atom is -0.377 e. The van der Waals surface area contributed by atoms with Crippen LogP contribution in [-0.4, -0.2) is 43.1 Å². The van der Waals surface area contributed by atoms with Crippen LogP contribution in [0.25, 0.3) is 16.9 Å². The highest BCUT2D eigenvalue weighted by molar-refractivity contribution is 6.32. The van der Waals surface area contributed by atoms with Crippen LogP contribution in [0.3, 0.4) is 0 Å². The number of nitrogens with zero attached hydrogens (tertiary/aromatic N) is 6. The van der Waals surface area contributed by atoms with Crippen LogP contribution in [0.15, 0.2) is 36.8 Å². The first-order chi connectivity index (χ1) is 15.4. The second-order valence-electron chi connectivity index (χ2n) is 6.79. The fourth-order valence-corrected chi connectivity index (χ4v) is 3.50. The SMILES string of the molecule is CO[C@@H](C)c1c(NC(=O)Nc2cc(Cl)c(-n3nccn3)nc2C)cnc2ccc(Cl)nc12. The summed E-state index contributed by atoms with van der Waals surface area (Å²) in [6.07, 6.45) is 4.21. The molecule has 0 spiro atoms. The molecule has 0 unspecified atom stereocenters. The fraction of sp³-hybridized carbons (Fsp3) is 0.200. The predicted molar refractivity (Wildman–Crippen MR) is 122 cm³/mol. The van der Waals surface area contributed by atoms with Crippen molar-refractivity contribution in [2.24, 2.45) is 0 Å². The lowest BCUT2D eigenvalue weighted by molar-refractivity contribution is 0.121. The molecule has 0 aliphatic heterocycles. The Morgan fingerprint density at radius 1 is 1.12 bits per heavy atom. The first-order valence-electron chi connectivity index (χ1n) is 9.47. The van der Waals surface area contributed by atoms with Gasteiger partial charge in [0.05, 0.1) is 57.8 Å². The van der Waals surface area contributed by atoms with E-state index in [0.717, 1.165) is 0 Å². The Labute approximate surface area is 192 Å². The van der Waals surface area contributed by atoms with E-state index in [0.29, 0.717) is 44.6 Å². The van der Waals surface area contributed by atoms with Crippen LogP contribution < -0.4 is 10.6 Å². The number of aromatic nitrogens is 6. The number of methoxy groups -OCH3 is 1. The Bertz CT molecular complexity index is 1300. The van der Waals surface area contributed by atoms with E-state index >= 15 is 0 Å². The molecule has 4 heterocycles. The summed E-state index contributed by atoms with van der Waals surface area (Å²) >= 11 is 12.4. The lowest BCUT2D eigenvalue weighted by atomic mass is 10.1. The van der Waals surface area contributed by atoms with Crippen molar-refractivity contribution < 1.29 is 9.53 Å². The molecule has 4 rings (SSSR count). The zero-order valence-electron chi connectivity index (χ0n) is 17.3. The van der Waals surface area contributed by atoms with Crippen molar-refractivity contribution in [2.75, 3.05) is 17.7 Å². The number of hydrogen-bond acceptors (Lipinski definition) is 7. The molecule has 32 heavy (non-hydrogen) atoms. The number of ether oxygens (including phenoxy) is 1. The van der Waals surface area contributed by atoms with Crippen LogP contribution in [0, 0.1) is 6.92 Å². The summed E-state index contributed by atoms with van der Waals surface area (Å²) in [5.41, 5.74) is 3.24. The predicted octanol–water partition coefficient (Wildman–Crippen LogP) is 4.57. The highest BCUT2D eigenvalue weighted by Gasteiger charge is 2.19. The molecule has 164 valence electrons. The molecule has 2 amide bonds. The number of nitrogens with one attached hydrogen (secondary N) is 2. The Kier molecular flexibility index (Phi) is 6.17. The number of urea groups is 1. The van der Waals surface area contributed by atoms with Gasteiger partial charge in [-0.1, -0.05) is 23.2 Å². The summed E-state index contributed by atoms with van der Waals surface area (Å²) < 4.78 is 5.48. The third kappa shape index (κ3) is 4.33. The first-order valence-corrected chi connectivity index (χ1v) is 10.2. The maximum Gasteiger partial charge on any atom is 0.323 e. The van der Waals surface area contributed by atoms with Gasteiger partial charge in [0, 0.05) is 12.7 Å². The number of anilines is 2. The normalized spacial score (nSPS) is 12.0. The van der Waals surface area contributed by atoms with E-state index in [4.69, 9.17) is 27.9 Å². The molecule has 1 atom stereocenters. The monoisotopic (exact) mass is 472 g/mol. The first kappa shape index (κ1) is 21.9. The van der Waals surface area contributed by atoms with Crippen LogP contribution >= 0.6 is 23.2 Å². The van der Waals surface area contributed by atoms with Crippen molar-refractivity contribution in [1.29, 1.82) is 0 Å². The van der Waals surface area contributed by atoms with Gasteiger partial charge in [-0.2, -0.15) is 10.2 Å². The largest absolute Gasteiger partial charge is 0.377 e. The summed E-state index contributed by atoms with van der Waals surface area (Å²) in [5.74, 6) is 0.359. The molecule has 4 aromatic heterocycles. The topological polar surface area (TPSA) is 120 Å². The summed E-state index contributed by atoms with van der Waals surface area (Å²) in [7, 11) is 1.57. The summed E-state index contributed by atoms with van der Waals surface area (Å²) in [4.78, 5) is 27.2. The summed E-state index contributed by atoms with van der Waals surface area (Å²) in [6, 6.07) is 4.48. The van der Waals surface area contributed by atoms with E-state index in [2.05, 4.69) is 35.8 Å². The van der Waals surface area contributed by atoms with Crippen LogP contribution in [0.1, 0.15) is 24.3 Å². The molecule has 0 saturated heterocycles. The average molecular weight is 473 g/mol.